The number of hydrazine groups is 1. The molecule has 0 radical (unpaired) electrons. The van der Waals surface area contributed by atoms with Crippen molar-refractivity contribution < 1.29 is 4.39 Å². The summed E-state index contributed by atoms with van der Waals surface area (Å²) >= 11 is 0. The van der Waals surface area contributed by atoms with Crippen molar-refractivity contribution in [2.75, 3.05) is 23.4 Å². The van der Waals surface area contributed by atoms with Crippen LogP contribution in [0, 0.1) is 12.7 Å². The van der Waals surface area contributed by atoms with E-state index in [1.807, 2.05) is 4.90 Å². The number of hydrogen-bond acceptors (Lipinski definition) is 5. The molecule has 82 valence electrons. The van der Waals surface area contributed by atoms with Crippen molar-refractivity contribution in [2.45, 2.75) is 19.8 Å². The minimum Gasteiger partial charge on any atom is -0.341 e. The Bertz CT molecular complexity index is 362. The smallest absolute Gasteiger partial charge is 0.227 e. The SMILES string of the molecule is Cc1nc(N2CCCC2)nc(NN)c1F. The maximum Gasteiger partial charge on any atom is 0.227 e. The number of nitrogen functional groups attached to an aromatic ring is 1. The van der Waals surface area contributed by atoms with Crippen LogP contribution in [0.1, 0.15) is 18.5 Å². The standard InChI is InChI=1S/C9H14FN5/c1-6-7(10)8(14-11)13-9(12-6)15-4-2-3-5-15/h2-5,11H2,1H3,(H,12,13,14). The molecule has 2 heterocycles. The highest BCUT2D eigenvalue weighted by atomic mass is 19.1. The average Bonchev–Trinajstić information content (AvgIpc) is 2.75. The van der Waals surface area contributed by atoms with E-state index in [0.29, 0.717) is 11.6 Å². The Balaban J connectivity index is 2.35. The highest BCUT2D eigenvalue weighted by Gasteiger charge is 2.18. The monoisotopic (exact) mass is 211 g/mol. The molecule has 3 N–H and O–H groups in total. The van der Waals surface area contributed by atoms with Crippen LogP contribution in [-0.2, 0) is 0 Å². The predicted octanol–water partition coefficient (Wildman–Crippen LogP) is 0.810. The van der Waals surface area contributed by atoms with E-state index in [2.05, 4.69) is 15.4 Å². The Hall–Kier alpha value is -1.43. The summed E-state index contributed by atoms with van der Waals surface area (Å²) in [6.45, 7) is 3.46. The van der Waals surface area contributed by atoms with Gasteiger partial charge in [0.15, 0.2) is 11.6 Å². The van der Waals surface area contributed by atoms with Crippen molar-refractivity contribution in [3.05, 3.63) is 11.5 Å². The summed E-state index contributed by atoms with van der Waals surface area (Å²) in [4.78, 5) is 10.2. The zero-order valence-corrected chi connectivity index (χ0v) is 8.63. The van der Waals surface area contributed by atoms with E-state index < -0.39 is 5.82 Å². The van der Waals surface area contributed by atoms with Crippen LogP contribution in [-0.4, -0.2) is 23.1 Å². The molecule has 0 saturated carbocycles. The number of anilines is 2. The van der Waals surface area contributed by atoms with E-state index in [1.54, 1.807) is 6.92 Å². The van der Waals surface area contributed by atoms with Gasteiger partial charge < -0.3 is 10.3 Å². The van der Waals surface area contributed by atoms with Crippen LogP contribution in [0.3, 0.4) is 0 Å². The van der Waals surface area contributed by atoms with Gasteiger partial charge in [0.1, 0.15) is 0 Å². The third-order valence-corrected chi connectivity index (χ3v) is 2.53. The fourth-order valence-electron chi connectivity index (χ4n) is 1.70. The summed E-state index contributed by atoms with van der Waals surface area (Å²) in [7, 11) is 0. The molecule has 1 aromatic rings. The van der Waals surface area contributed by atoms with Crippen molar-refractivity contribution in [1.82, 2.24) is 9.97 Å². The minimum atomic E-state index is -0.486. The first kappa shape index (κ1) is 10.1. The van der Waals surface area contributed by atoms with Crippen LogP contribution in [0.2, 0.25) is 0 Å². The molecule has 0 bridgehead atoms. The Morgan fingerprint density at radius 3 is 2.60 bits per heavy atom. The van der Waals surface area contributed by atoms with Crippen LogP contribution in [0.4, 0.5) is 16.2 Å². The summed E-state index contributed by atoms with van der Waals surface area (Å²) in [5, 5.41) is 0. The fourth-order valence-corrected chi connectivity index (χ4v) is 1.70. The second kappa shape index (κ2) is 3.98. The first-order valence-electron chi connectivity index (χ1n) is 4.98. The molecule has 1 aliphatic heterocycles. The number of rotatable bonds is 2. The van der Waals surface area contributed by atoms with Crippen LogP contribution >= 0.6 is 0 Å². The Labute approximate surface area is 87.5 Å². The third kappa shape index (κ3) is 1.85. The number of nitrogens with one attached hydrogen (secondary N) is 1. The highest BCUT2D eigenvalue weighted by molar-refractivity contribution is 5.44. The van der Waals surface area contributed by atoms with Crippen LogP contribution in [0.25, 0.3) is 0 Å². The Morgan fingerprint density at radius 2 is 2.00 bits per heavy atom. The van der Waals surface area contributed by atoms with Crippen molar-refractivity contribution >= 4 is 11.8 Å². The predicted molar refractivity (Wildman–Crippen MR) is 56.0 cm³/mol. The first-order valence-corrected chi connectivity index (χ1v) is 4.98. The molecule has 1 fully saturated rings. The van der Waals surface area contributed by atoms with Gasteiger partial charge in [-0.3, -0.25) is 0 Å². The molecule has 6 heteroatoms. The molecular weight excluding hydrogens is 197 g/mol. The number of halogens is 1. The van der Waals surface area contributed by atoms with Gasteiger partial charge in [0.05, 0.1) is 5.69 Å². The maximum atomic E-state index is 13.4. The topological polar surface area (TPSA) is 67.1 Å². The molecule has 0 spiro atoms. The molecule has 15 heavy (non-hydrogen) atoms. The molecule has 1 aliphatic rings. The maximum absolute atomic E-state index is 13.4. The molecule has 0 unspecified atom stereocenters. The van der Waals surface area contributed by atoms with E-state index in [1.165, 1.54) is 0 Å². The lowest BCUT2D eigenvalue weighted by atomic mass is 10.4. The quantitative estimate of drug-likeness (QED) is 0.559. The third-order valence-electron chi connectivity index (χ3n) is 2.53. The van der Waals surface area contributed by atoms with E-state index in [9.17, 15) is 4.39 Å². The molecule has 0 amide bonds. The van der Waals surface area contributed by atoms with Gasteiger partial charge in [0.25, 0.3) is 0 Å². The highest BCUT2D eigenvalue weighted by Crippen LogP contribution is 2.20. The van der Waals surface area contributed by atoms with Crippen molar-refractivity contribution in [3.63, 3.8) is 0 Å². The van der Waals surface area contributed by atoms with Crippen LogP contribution in [0.15, 0.2) is 0 Å². The van der Waals surface area contributed by atoms with Crippen molar-refractivity contribution in [2.24, 2.45) is 5.84 Å². The molecule has 5 nitrogen and oxygen atoms in total. The van der Waals surface area contributed by atoms with Gasteiger partial charge in [0.2, 0.25) is 5.95 Å². The first-order chi connectivity index (χ1) is 7.22. The number of aryl methyl sites for hydroxylation is 1. The number of nitrogens with two attached hydrogens (primary N) is 1. The number of aromatic nitrogens is 2. The second-order valence-corrected chi connectivity index (χ2v) is 3.61. The summed E-state index contributed by atoms with van der Waals surface area (Å²) < 4.78 is 13.4. The largest absolute Gasteiger partial charge is 0.341 e. The summed E-state index contributed by atoms with van der Waals surface area (Å²) in [5.41, 5.74) is 2.57. The zero-order valence-electron chi connectivity index (χ0n) is 8.63. The number of nitrogens with zero attached hydrogens (tertiary/aromatic N) is 3. The molecule has 2 rings (SSSR count). The lowest BCUT2D eigenvalue weighted by Crippen LogP contribution is -2.23. The lowest BCUT2D eigenvalue weighted by Gasteiger charge is -2.16. The van der Waals surface area contributed by atoms with Crippen LogP contribution in [0.5, 0.6) is 0 Å². The molecule has 1 saturated heterocycles. The normalized spacial score (nSPS) is 15.8. The molecule has 1 aromatic heterocycles. The summed E-state index contributed by atoms with van der Waals surface area (Å²) in [6, 6.07) is 0. The van der Waals surface area contributed by atoms with E-state index in [0.717, 1.165) is 25.9 Å². The van der Waals surface area contributed by atoms with Gasteiger partial charge in [0, 0.05) is 13.1 Å². The van der Waals surface area contributed by atoms with Crippen LogP contribution < -0.4 is 16.2 Å². The van der Waals surface area contributed by atoms with Gasteiger partial charge >= 0.3 is 0 Å². The molecular formula is C9H14FN5. The second-order valence-electron chi connectivity index (χ2n) is 3.61. The van der Waals surface area contributed by atoms with Gasteiger partial charge in [-0.2, -0.15) is 4.98 Å². The fraction of sp³-hybridized carbons (Fsp3) is 0.556. The van der Waals surface area contributed by atoms with Crippen molar-refractivity contribution in [3.8, 4) is 0 Å². The average molecular weight is 211 g/mol. The molecule has 0 aliphatic carbocycles. The van der Waals surface area contributed by atoms with E-state index in [-0.39, 0.29) is 5.82 Å². The summed E-state index contributed by atoms with van der Waals surface area (Å²) in [5.74, 6) is 5.32. The van der Waals surface area contributed by atoms with Gasteiger partial charge in [-0.15, -0.1) is 0 Å². The molecule has 0 atom stereocenters. The Kier molecular flexibility index (Phi) is 2.68. The van der Waals surface area contributed by atoms with Gasteiger partial charge in [-0.05, 0) is 19.8 Å². The Morgan fingerprint density at radius 1 is 1.33 bits per heavy atom. The van der Waals surface area contributed by atoms with Crippen molar-refractivity contribution in [1.29, 1.82) is 0 Å². The van der Waals surface area contributed by atoms with Gasteiger partial charge in [-0.1, -0.05) is 0 Å². The molecule has 0 aromatic carbocycles. The zero-order chi connectivity index (χ0) is 10.8. The van der Waals surface area contributed by atoms with E-state index >= 15 is 0 Å². The number of hydrogen-bond donors (Lipinski definition) is 2. The lowest BCUT2D eigenvalue weighted by molar-refractivity contribution is 0.604. The minimum absolute atomic E-state index is 0.0596. The summed E-state index contributed by atoms with van der Waals surface area (Å²) in [6.07, 6.45) is 2.26. The van der Waals surface area contributed by atoms with Gasteiger partial charge in [-0.25, -0.2) is 15.2 Å². The van der Waals surface area contributed by atoms with E-state index in [4.69, 9.17) is 5.84 Å².